The van der Waals surface area contributed by atoms with Gasteiger partial charge in [-0.1, -0.05) is 24.3 Å². The average molecular weight is 468 g/mol. The fourth-order valence-electron chi connectivity index (χ4n) is 4.03. The number of methoxy groups -OCH3 is 1. The van der Waals surface area contributed by atoms with Crippen molar-refractivity contribution in [3.8, 4) is 17.0 Å². The van der Waals surface area contributed by atoms with Crippen molar-refractivity contribution in [3.05, 3.63) is 70.9 Å². The molecule has 1 aromatic heterocycles. The largest absolute Gasteiger partial charge is 0.496 e. The molecule has 1 unspecified atom stereocenters. The van der Waals surface area contributed by atoms with E-state index in [1.165, 1.54) is 23.9 Å². The van der Waals surface area contributed by atoms with Crippen LogP contribution in [0.5, 0.6) is 5.75 Å². The maximum atomic E-state index is 13.6. The van der Waals surface area contributed by atoms with Crippen molar-refractivity contribution in [2.45, 2.75) is 25.3 Å². The van der Waals surface area contributed by atoms with Gasteiger partial charge in [-0.15, -0.1) is 0 Å². The van der Waals surface area contributed by atoms with Gasteiger partial charge in [0.25, 0.3) is 11.8 Å². The Balaban J connectivity index is 1.52. The van der Waals surface area contributed by atoms with Crippen LogP contribution in [0.4, 0.5) is 4.39 Å². The van der Waals surface area contributed by atoms with Crippen molar-refractivity contribution < 1.29 is 23.5 Å². The van der Waals surface area contributed by atoms with Gasteiger partial charge in [0, 0.05) is 24.6 Å². The number of hydrogen-bond acceptors (Lipinski definition) is 6. The van der Waals surface area contributed by atoms with Gasteiger partial charge in [0.05, 0.1) is 19.3 Å². The molecule has 1 atom stereocenters. The van der Waals surface area contributed by atoms with Crippen molar-refractivity contribution in [2.24, 2.45) is 5.73 Å². The molecule has 0 bridgehead atoms. The van der Waals surface area contributed by atoms with Gasteiger partial charge >= 0.3 is 0 Å². The number of carbonyl (C=O) groups is 2. The van der Waals surface area contributed by atoms with Crippen molar-refractivity contribution in [1.82, 2.24) is 15.0 Å². The monoisotopic (exact) mass is 467 g/mol. The van der Waals surface area contributed by atoms with E-state index in [0.717, 1.165) is 24.5 Å². The van der Waals surface area contributed by atoms with E-state index in [-0.39, 0.29) is 29.5 Å². The first kappa shape index (κ1) is 23.2. The molecule has 5 N–H and O–H groups in total. The molecule has 2 aromatic carbocycles. The number of nitrogens with one attached hydrogen (secondary N) is 1. The molecule has 1 aliphatic rings. The molecule has 2 heterocycles. The minimum Gasteiger partial charge on any atom is -0.496 e. The Morgan fingerprint density at radius 3 is 2.68 bits per heavy atom. The van der Waals surface area contributed by atoms with Gasteiger partial charge in [-0.25, -0.2) is 14.1 Å². The molecule has 0 aliphatic carbocycles. The van der Waals surface area contributed by atoms with Crippen LogP contribution in [-0.4, -0.2) is 41.8 Å². The third-order valence-electron chi connectivity index (χ3n) is 5.78. The highest BCUT2D eigenvalue weighted by Crippen LogP contribution is 2.30. The zero-order valence-corrected chi connectivity index (χ0v) is 18.7. The van der Waals surface area contributed by atoms with Crippen molar-refractivity contribution in [1.29, 1.82) is 0 Å². The number of hydrogen-bond donors (Lipinski definition) is 3. The van der Waals surface area contributed by atoms with Crippen molar-refractivity contribution >= 4 is 11.8 Å². The summed E-state index contributed by atoms with van der Waals surface area (Å²) in [5.41, 5.74) is 7.69. The topological polar surface area (TPSA) is 134 Å². The van der Waals surface area contributed by atoms with E-state index in [9.17, 15) is 14.0 Å². The molecule has 2 amide bonds. The number of benzene rings is 2. The first-order valence-electron chi connectivity index (χ1n) is 10.8. The third kappa shape index (κ3) is 4.72. The van der Waals surface area contributed by atoms with Gasteiger partial charge in [0.2, 0.25) is 0 Å². The van der Waals surface area contributed by atoms with Crippen LogP contribution >= 0.6 is 0 Å². The van der Waals surface area contributed by atoms with Crippen LogP contribution < -0.4 is 21.6 Å². The molecule has 9 nitrogen and oxygen atoms in total. The predicted octanol–water partition coefficient (Wildman–Crippen LogP) is 2.33. The van der Waals surface area contributed by atoms with Crippen LogP contribution in [0.2, 0.25) is 0 Å². The zero-order chi connectivity index (χ0) is 24.2. The van der Waals surface area contributed by atoms with E-state index in [2.05, 4.69) is 10.3 Å². The Labute approximate surface area is 195 Å². The number of rotatable bonds is 7. The number of halogens is 1. The van der Waals surface area contributed by atoms with Crippen LogP contribution in [-0.2, 0) is 11.3 Å². The summed E-state index contributed by atoms with van der Waals surface area (Å²) in [5.74, 6) is 5.35. The lowest BCUT2D eigenvalue weighted by molar-refractivity contribution is 0.0773. The standard InChI is InChI=1S/C24H26FN5O4/c1-33-19-9-8-17(25)11-18(19)24(32)28-12-14-4-6-15(7-5-14)20-21(22(26)31)30(27)23(29-20)16-3-2-10-34-13-16/h4-9,11,16H,2-3,10,12-13,27H2,1H3,(H2,26,31)(H,28,32). The summed E-state index contributed by atoms with van der Waals surface area (Å²) in [5, 5.41) is 2.75. The Kier molecular flexibility index (Phi) is 6.78. The molecule has 34 heavy (non-hydrogen) atoms. The highest BCUT2D eigenvalue weighted by molar-refractivity contribution is 5.98. The summed E-state index contributed by atoms with van der Waals surface area (Å²) in [6.07, 6.45) is 1.75. The number of nitrogens with two attached hydrogens (primary N) is 2. The quantitative estimate of drug-likeness (QED) is 0.457. The fraction of sp³-hybridized carbons (Fsp3) is 0.292. The molecule has 3 aromatic rings. The number of nitrogen functional groups attached to an aromatic ring is 1. The Morgan fingerprint density at radius 1 is 1.26 bits per heavy atom. The second-order valence-electron chi connectivity index (χ2n) is 8.04. The molecule has 1 aliphatic heterocycles. The Hall–Kier alpha value is -3.92. The summed E-state index contributed by atoms with van der Waals surface area (Å²) in [4.78, 5) is 29.3. The molecule has 1 fully saturated rings. The first-order valence-corrected chi connectivity index (χ1v) is 10.8. The second kappa shape index (κ2) is 9.92. The van der Waals surface area contributed by atoms with Crippen LogP contribution in [0.25, 0.3) is 11.3 Å². The van der Waals surface area contributed by atoms with Crippen LogP contribution in [0, 0.1) is 5.82 Å². The van der Waals surface area contributed by atoms with Crippen molar-refractivity contribution in [3.63, 3.8) is 0 Å². The number of ether oxygens (including phenoxy) is 2. The van der Waals surface area contributed by atoms with E-state index in [1.807, 2.05) is 0 Å². The minimum absolute atomic E-state index is 0.0140. The zero-order valence-electron chi connectivity index (χ0n) is 18.7. The molecule has 4 rings (SSSR count). The van der Waals surface area contributed by atoms with Crippen LogP contribution in [0.15, 0.2) is 42.5 Å². The number of primary amides is 1. The average Bonchev–Trinajstić information content (AvgIpc) is 3.20. The fourth-order valence-corrected chi connectivity index (χ4v) is 4.03. The van der Waals surface area contributed by atoms with Crippen molar-refractivity contribution in [2.75, 3.05) is 26.2 Å². The van der Waals surface area contributed by atoms with Gasteiger partial charge in [-0.05, 0) is 36.6 Å². The molecule has 1 saturated heterocycles. The number of aromatic nitrogens is 2. The number of nitrogens with zero attached hydrogens (tertiary/aromatic N) is 2. The highest BCUT2D eigenvalue weighted by Gasteiger charge is 2.27. The lowest BCUT2D eigenvalue weighted by Gasteiger charge is -2.21. The van der Waals surface area contributed by atoms with Gasteiger partial charge in [-0.2, -0.15) is 0 Å². The second-order valence-corrected chi connectivity index (χ2v) is 8.04. The SMILES string of the molecule is COc1ccc(F)cc1C(=O)NCc1ccc(-c2nc(C3CCCOC3)n(N)c2C(N)=O)cc1. The van der Waals surface area contributed by atoms with Gasteiger partial charge in [0.1, 0.15) is 23.1 Å². The van der Waals surface area contributed by atoms with E-state index in [1.54, 1.807) is 24.3 Å². The summed E-state index contributed by atoms with van der Waals surface area (Å²) in [6, 6.07) is 10.9. The lowest BCUT2D eigenvalue weighted by Crippen LogP contribution is -2.27. The third-order valence-corrected chi connectivity index (χ3v) is 5.78. The lowest BCUT2D eigenvalue weighted by atomic mass is 10.0. The first-order chi connectivity index (χ1) is 16.4. The molecule has 178 valence electrons. The van der Waals surface area contributed by atoms with Crippen LogP contribution in [0.3, 0.4) is 0 Å². The number of amides is 2. The van der Waals surface area contributed by atoms with Gasteiger partial charge < -0.3 is 26.4 Å². The maximum absolute atomic E-state index is 13.6. The molecular weight excluding hydrogens is 441 g/mol. The normalized spacial score (nSPS) is 15.6. The van der Waals surface area contributed by atoms with E-state index in [0.29, 0.717) is 30.3 Å². The number of imidazole rings is 1. The Morgan fingerprint density at radius 2 is 2.03 bits per heavy atom. The summed E-state index contributed by atoms with van der Waals surface area (Å²) in [6.45, 7) is 1.39. The predicted molar refractivity (Wildman–Crippen MR) is 123 cm³/mol. The Bertz CT molecular complexity index is 1200. The molecule has 0 spiro atoms. The van der Waals surface area contributed by atoms with E-state index < -0.39 is 17.6 Å². The van der Waals surface area contributed by atoms with E-state index in [4.69, 9.17) is 21.1 Å². The smallest absolute Gasteiger partial charge is 0.269 e. The van der Waals surface area contributed by atoms with Gasteiger partial charge in [-0.3, -0.25) is 9.59 Å². The molecule has 10 heteroatoms. The minimum atomic E-state index is -0.673. The molecular formula is C24H26FN5O4. The highest BCUT2D eigenvalue weighted by atomic mass is 19.1. The molecule has 0 saturated carbocycles. The van der Waals surface area contributed by atoms with E-state index >= 15 is 0 Å². The number of carbonyl (C=O) groups excluding carboxylic acids is 2. The summed E-state index contributed by atoms with van der Waals surface area (Å²) >= 11 is 0. The summed E-state index contributed by atoms with van der Waals surface area (Å²) in [7, 11) is 1.42. The molecule has 0 radical (unpaired) electrons. The summed E-state index contributed by atoms with van der Waals surface area (Å²) < 4.78 is 25.5. The van der Waals surface area contributed by atoms with Gasteiger partial charge in [0.15, 0.2) is 5.69 Å². The van der Waals surface area contributed by atoms with Crippen LogP contribution in [0.1, 0.15) is 51.0 Å². The maximum Gasteiger partial charge on any atom is 0.269 e.